The van der Waals surface area contributed by atoms with Crippen molar-refractivity contribution in [2.45, 2.75) is 6.43 Å². The number of aromatic nitrogens is 1. The second kappa shape index (κ2) is 7.51. The summed E-state index contributed by atoms with van der Waals surface area (Å²) in [6.07, 6.45) is -1.07. The zero-order valence-corrected chi connectivity index (χ0v) is 9.53. The summed E-state index contributed by atoms with van der Waals surface area (Å²) in [5.41, 5.74) is 2.68. The molecule has 1 aromatic rings. The van der Waals surface area contributed by atoms with Crippen LogP contribution in [-0.4, -0.2) is 37.1 Å². The highest BCUT2D eigenvalue weighted by Gasteiger charge is 2.06. The molecule has 0 saturated heterocycles. The third-order valence-electron chi connectivity index (χ3n) is 1.95. The van der Waals surface area contributed by atoms with E-state index in [4.69, 9.17) is 5.84 Å². The van der Waals surface area contributed by atoms with Crippen LogP contribution in [0.3, 0.4) is 0 Å². The molecule has 0 atom stereocenters. The smallest absolute Gasteiger partial charge is 0.261 e. The van der Waals surface area contributed by atoms with Crippen molar-refractivity contribution in [1.29, 1.82) is 0 Å². The number of pyridine rings is 1. The summed E-state index contributed by atoms with van der Waals surface area (Å²) in [5.74, 6) is 5.16. The van der Waals surface area contributed by atoms with Crippen molar-refractivity contribution in [2.24, 2.45) is 5.84 Å². The van der Waals surface area contributed by atoms with Gasteiger partial charge < -0.3 is 15.5 Å². The Bertz CT molecular complexity index is 390. The van der Waals surface area contributed by atoms with Gasteiger partial charge in [0.05, 0.1) is 6.61 Å². The van der Waals surface area contributed by atoms with Gasteiger partial charge in [-0.25, -0.2) is 19.6 Å². The molecule has 8 heteroatoms. The molecule has 0 aliphatic heterocycles. The maximum atomic E-state index is 11.7. The Balaban J connectivity index is 2.31. The number of nitrogens with one attached hydrogen (secondary N) is 2. The van der Waals surface area contributed by atoms with E-state index in [1.54, 1.807) is 0 Å². The lowest BCUT2D eigenvalue weighted by Crippen LogP contribution is -2.28. The second-order valence-electron chi connectivity index (χ2n) is 3.30. The molecule has 4 N–H and O–H groups in total. The van der Waals surface area contributed by atoms with Crippen LogP contribution in [0.25, 0.3) is 0 Å². The van der Waals surface area contributed by atoms with Crippen LogP contribution in [0.5, 0.6) is 0 Å². The largest absolute Gasteiger partial charge is 0.374 e. The van der Waals surface area contributed by atoms with Crippen LogP contribution in [0, 0.1) is 0 Å². The first-order valence-corrected chi connectivity index (χ1v) is 5.20. The molecule has 0 unspecified atom stereocenters. The van der Waals surface area contributed by atoms with E-state index in [9.17, 15) is 13.6 Å². The second-order valence-corrected chi connectivity index (χ2v) is 3.30. The van der Waals surface area contributed by atoms with Gasteiger partial charge in [0.1, 0.15) is 12.4 Å². The zero-order chi connectivity index (χ0) is 13.4. The average Bonchev–Trinajstić information content (AvgIpc) is 2.37. The molecule has 1 heterocycles. The number of nitrogen functional groups attached to an aromatic ring is 1. The number of carbonyl (C=O) groups excluding carboxylic acids is 1. The molecule has 0 radical (unpaired) electrons. The van der Waals surface area contributed by atoms with Gasteiger partial charge in [0, 0.05) is 18.3 Å². The van der Waals surface area contributed by atoms with Crippen LogP contribution in [-0.2, 0) is 4.74 Å². The summed E-state index contributed by atoms with van der Waals surface area (Å²) < 4.78 is 28.1. The fourth-order valence-corrected chi connectivity index (χ4v) is 1.16. The van der Waals surface area contributed by atoms with E-state index in [2.05, 4.69) is 20.5 Å². The quantitative estimate of drug-likeness (QED) is 0.374. The van der Waals surface area contributed by atoms with E-state index >= 15 is 0 Å². The van der Waals surface area contributed by atoms with Gasteiger partial charge in [0.15, 0.2) is 0 Å². The molecule has 0 bridgehead atoms. The van der Waals surface area contributed by atoms with Crippen LogP contribution in [0.15, 0.2) is 18.3 Å². The third kappa shape index (κ3) is 5.02. The number of hydrogen-bond donors (Lipinski definition) is 3. The first kappa shape index (κ1) is 14.3. The van der Waals surface area contributed by atoms with Crippen LogP contribution >= 0.6 is 0 Å². The fraction of sp³-hybridized carbons (Fsp3) is 0.400. The highest BCUT2D eigenvalue weighted by molar-refractivity contribution is 5.94. The van der Waals surface area contributed by atoms with Crippen molar-refractivity contribution in [3.8, 4) is 0 Å². The molecular weight excluding hydrogens is 246 g/mol. The van der Waals surface area contributed by atoms with Gasteiger partial charge in [-0.15, -0.1) is 0 Å². The predicted molar refractivity (Wildman–Crippen MR) is 61.2 cm³/mol. The van der Waals surface area contributed by atoms with E-state index in [0.29, 0.717) is 11.4 Å². The normalized spacial score (nSPS) is 10.4. The minimum absolute atomic E-state index is 0.0309. The van der Waals surface area contributed by atoms with Crippen LogP contribution in [0.2, 0.25) is 0 Å². The minimum Gasteiger partial charge on any atom is -0.374 e. The number of ether oxygens (including phenoxy) is 1. The van der Waals surface area contributed by atoms with Crippen molar-refractivity contribution < 1.29 is 18.3 Å². The Morgan fingerprint density at radius 1 is 1.56 bits per heavy atom. The van der Waals surface area contributed by atoms with Crippen molar-refractivity contribution in [2.75, 3.05) is 25.2 Å². The van der Waals surface area contributed by atoms with E-state index in [-0.39, 0.29) is 19.1 Å². The molecule has 0 aliphatic rings. The van der Waals surface area contributed by atoms with Crippen molar-refractivity contribution in [3.63, 3.8) is 0 Å². The number of amides is 1. The molecule has 0 aliphatic carbocycles. The molecule has 1 aromatic heterocycles. The molecule has 0 spiro atoms. The van der Waals surface area contributed by atoms with Crippen LogP contribution < -0.4 is 16.6 Å². The summed E-state index contributed by atoms with van der Waals surface area (Å²) in [6.45, 7) is -0.450. The maximum Gasteiger partial charge on any atom is 0.261 e. The fourth-order valence-electron chi connectivity index (χ4n) is 1.16. The molecule has 0 fully saturated rings. The van der Waals surface area contributed by atoms with Crippen molar-refractivity contribution >= 4 is 11.7 Å². The number of hydrazine groups is 1. The van der Waals surface area contributed by atoms with Crippen LogP contribution in [0.4, 0.5) is 14.6 Å². The monoisotopic (exact) mass is 260 g/mol. The number of nitrogens with zero attached hydrogens (tertiary/aromatic N) is 1. The number of rotatable bonds is 7. The van der Waals surface area contributed by atoms with Gasteiger partial charge in [-0.1, -0.05) is 0 Å². The lowest BCUT2D eigenvalue weighted by atomic mass is 10.2. The van der Waals surface area contributed by atoms with E-state index in [0.717, 1.165) is 0 Å². The standard InChI is InChI=1S/C10H14F2N4O2/c11-8(12)6-18-4-3-15-10(17)7-1-2-14-9(5-7)16-13/h1-2,5,8H,3-4,6,13H2,(H,14,16)(H,15,17). The SMILES string of the molecule is NNc1cc(C(=O)NCCOCC(F)F)ccn1. The molecule has 6 nitrogen and oxygen atoms in total. The first-order chi connectivity index (χ1) is 8.63. The number of carbonyl (C=O) groups is 1. The number of anilines is 1. The molecular formula is C10H14F2N4O2. The number of hydrogen-bond acceptors (Lipinski definition) is 5. The summed E-state index contributed by atoms with van der Waals surface area (Å²) in [5, 5.41) is 2.52. The zero-order valence-electron chi connectivity index (χ0n) is 9.53. The van der Waals surface area contributed by atoms with Crippen LogP contribution in [0.1, 0.15) is 10.4 Å². The van der Waals surface area contributed by atoms with E-state index in [1.807, 2.05) is 0 Å². The topological polar surface area (TPSA) is 89.3 Å². The van der Waals surface area contributed by atoms with Gasteiger partial charge >= 0.3 is 0 Å². The third-order valence-corrected chi connectivity index (χ3v) is 1.95. The van der Waals surface area contributed by atoms with Gasteiger partial charge in [-0.2, -0.15) is 0 Å². The first-order valence-electron chi connectivity index (χ1n) is 5.20. The summed E-state index contributed by atoms with van der Waals surface area (Å²) in [4.78, 5) is 15.4. The Morgan fingerprint density at radius 3 is 3.00 bits per heavy atom. The van der Waals surface area contributed by atoms with Gasteiger partial charge in [-0.05, 0) is 12.1 Å². The lowest BCUT2D eigenvalue weighted by Gasteiger charge is -2.07. The van der Waals surface area contributed by atoms with Crippen molar-refractivity contribution in [3.05, 3.63) is 23.9 Å². The van der Waals surface area contributed by atoms with E-state index in [1.165, 1.54) is 18.3 Å². The van der Waals surface area contributed by atoms with Gasteiger partial charge in [-0.3, -0.25) is 4.79 Å². The Morgan fingerprint density at radius 2 is 2.33 bits per heavy atom. The Labute approximate surface area is 102 Å². The lowest BCUT2D eigenvalue weighted by molar-refractivity contribution is 0.0188. The number of alkyl halides is 2. The summed E-state index contributed by atoms with van der Waals surface area (Å²) in [6, 6.07) is 2.98. The Hall–Kier alpha value is -1.80. The highest BCUT2D eigenvalue weighted by Crippen LogP contribution is 2.04. The predicted octanol–water partition coefficient (Wildman–Crippen LogP) is 0.379. The van der Waals surface area contributed by atoms with Crippen molar-refractivity contribution in [1.82, 2.24) is 10.3 Å². The van der Waals surface area contributed by atoms with Gasteiger partial charge in [0.25, 0.3) is 12.3 Å². The molecule has 1 rings (SSSR count). The Kier molecular flexibility index (Phi) is 5.95. The summed E-state index contributed by atoms with van der Waals surface area (Å²) >= 11 is 0. The highest BCUT2D eigenvalue weighted by atomic mass is 19.3. The number of nitrogens with two attached hydrogens (primary N) is 1. The number of halogens is 2. The molecule has 0 aromatic carbocycles. The van der Waals surface area contributed by atoms with E-state index < -0.39 is 13.0 Å². The minimum atomic E-state index is -2.50. The molecule has 0 saturated carbocycles. The maximum absolute atomic E-state index is 11.7. The molecule has 18 heavy (non-hydrogen) atoms. The average molecular weight is 260 g/mol. The molecule has 1 amide bonds. The van der Waals surface area contributed by atoms with Gasteiger partial charge in [0.2, 0.25) is 0 Å². The summed E-state index contributed by atoms with van der Waals surface area (Å²) in [7, 11) is 0. The molecule has 100 valence electrons.